The van der Waals surface area contributed by atoms with Crippen molar-refractivity contribution in [2.24, 2.45) is 0 Å². The maximum Gasteiger partial charge on any atom is 0.258 e. The van der Waals surface area contributed by atoms with Gasteiger partial charge < -0.3 is 14.4 Å². The molecule has 1 unspecified atom stereocenters. The van der Waals surface area contributed by atoms with Crippen LogP contribution in [-0.4, -0.2) is 46.2 Å². The van der Waals surface area contributed by atoms with E-state index in [4.69, 9.17) is 9.47 Å². The van der Waals surface area contributed by atoms with Crippen LogP contribution in [0.25, 0.3) is 5.52 Å². The Labute approximate surface area is 186 Å². The van der Waals surface area contributed by atoms with E-state index in [1.54, 1.807) is 31.1 Å². The molecule has 1 atom stereocenters. The number of nitrogens with zero attached hydrogens (tertiary/aromatic N) is 4. The molecule has 0 fully saturated rings. The number of rotatable bonds is 4. The van der Waals surface area contributed by atoms with Crippen LogP contribution < -0.4 is 9.47 Å². The Morgan fingerprint density at radius 3 is 2.66 bits per heavy atom. The monoisotopic (exact) mass is 428 g/mol. The lowest BCUT2D eigenvalue weighted by Gasteiger charge is -2.38. The number of aryl methyl sites for hydroxylation is 1. The number of fused-ring (bicyclic) bond motifs is 2. The van der Waals surface area contributed by atoms with E-state index in [0.29, 0.717) is 23.6 Å². The zero-order valence-electron chi connectivity index (χ0n) is 18.3. The lowest BCUT2D eigenvalue weighted by atomic mass is 9.87. The van der Waals surface area contributed by atoms with Gasteiger partial charge in [-0.25, -0.2) is 4.52 Å². The third-order valence-electron chi connectivity index (χ3n) is 6.03. The summed E-state index contributed by atoms with van der Waals surface area (Å²) in [5.74, 6) is 1.27. The van der Waals surface area contributed by atoms with Gasteiger partial charge in [0.2, 0.25) is 0 Å². The van der Waals surface area contributed by atoms with E-state index in [1.165, 1.54) is 0 Å². The summed E-state index contributed by atoms with van der Waals surface area (Å²) in [4.78, 5) is 20.0. The summed E-state index contributed by atoms with van der Waals surface area (Å²) in [6, 6.07) is 11.5. The van der Waals surface area contributed by atoms with Crippen molar-refractivity contribution in [1.29, 1.82) is 0 Å². The first-order chi connectivity index (χ1) is 15.6. The largest absolute Gasteiger partial charge is 0.493 e. The highest BCUT2D eigenvalue weighted by Crippen LogP contribution is 2.41. The Kier molecular flexibility index (Phi) is 5.01. The van der Waals surface area contributed by atoms with Gasteiger partial charge >= 0.3 is 0 Å². The van der Waals surface area contributed by atoms with Crippen LogP contribution in [0, 0.1) is 6.92 Å². The number of carbonyl (C=O) groups excluding carboxylic acids is 1. The molecular formula is C25H24N4O3. The molecule has 162 valence electrons. The lowest BCUT2D eigenvalue weighted by molar-refractivity contribution is 0.0696. The molecule has 0 radical (unpaired) electrons. The average molecular weight is 428 g/mol. The van der Waals surface area contributed by atoms with Gasteiger partial charge in [-0.1, -0.05) is 12.1 Å². The van der Waals surface area contributed by atoms with Gasteiger partial charge in [-0.3, -0.25) is 9.78 Å². The molecule has 0 saturated heterocycles. The number of benzene rings is 1. The smallest absolute Gasteiger partial charge is 0.258 e. The molecule has 0 aliphatic carbocycles. The van der Waals surface area contributed by atoms with Crippen molar-refractivity contribution in [3.63, 3.8) is 0 Å². The number of carbonyl (C=O) groups is 1. The molecule has 1 aliphatic heterocycles. The molecular weight excluding hydrogens is 404 g/mol. The van der Waals surface area contributed by atoms with Crippen LogP contribution in [0.3, 0.4) is 0 Å². The van der Waals surface area contributed by atoms with Crippen LogP contribution in [0.5, 0.6) is 11.5 Å². The predicted molar refractivity (Wildman–Crippen MR) is 120 cm³/mol. The van der Waals surface area contributed by atoms with Crippen LogP contribution in [0.4, 0.5) is 0 Å². The highest BCUT2D eigenvalue weighted by atomic mass is 16.5. The van der Waals surface area contributed by atoms with Crippen molar-refractivity contribution in [2.45, 2.75) is 19.4 Å². The molecule has 7 nitrogen and oxygen atoms in total. The van der Waals surface area contributed by atoms with E-state index in [9.17, 15) is 4.79 Å². The third-order valence-corrected chi connectivity index (χ3v) is 6.03. The summed E-state index contributed by atoms with van der Waals surface area (Å²) in [6.45, 7) is 2.58. The first-order valence-electron chi connectivity index (χ1n) is 10.5. The number of ether oxygens (including phenoxy) is 2. The summed E-state index contributed by atoms with van der Waals surface area (Å²) in [6.07, 6.45) is 7.85. The maximum absolute atomic E-state index is 13.8. The van der Waals surface area contributed by atoms with Gasteiger partial charge in [0, 0.05) is 25.1 Å². The second kappa shape index (κ2) is 8.00. The van der Waals surface area contributed by atoms with Gasteiger partial charge in [-0.2, -0.15) is 5.10 Å². The van der Waals surface area contributed by atoms with Crippen molar-refractivity contribution in [1.82, 2.24) is 19.5 Å². The Morgan fingerprint density at radius 1 is 1.09 bits per heavy atom. The van der Waals surface area contributed by atoms with E-state index in [0.717, 1.165) is 34.2 Å². The zero-order valence-corrected chi connectivity index (χ0v) is 18.3. The summed E-state index contributed by atoms with van der Waals surface area (Å²) < 4.78 is 12.8. The molecule has 0 spiro atoms. The minimum Gasteiger partial charge on any atom is -0.493 e. The fourth-order valence-corrected chi connectivity index (χ4v) is 4.47. The average Bonchev–Trinajstić information content (AvgIpc) is 3.25. The van der Waals surface area contributed by atoms with Crippen LogP contribution in [-0.2, 0) is 6.42 Å². The molecule has 1 aliphatic rings. The lowest BCUT2D eigenvalue weighted by Crippen LogP contribution is -2.40. The van der Waals surface area contributed by atoms with E-state index in [-0.39, 0.29) is 11.9 Å². The molecule has 1 amide bonds. The topological polar surface area (TPSA) is 69.0 Å². The Morgan fingerprint density at radius 2 is 1.91 bits per heavy atom. The minimum atomic E-state index is -0.292. The maximum atomic E-state index is 13.8. The molecule has 1 aromatic carbocycles. The summed E-state index contributed by atoms with van der Waals surface area (Å²) in [5.41, 5.74) is 5.56. The highest BCUT2D eigenvalue weighted by molar-refractivity contribution is 6.01. The van der Waals surface area contributed by atoms with Crippen molar-refractivity contribution >= 4 is 11.4 Å². The minimum absolute atomic E-state index is 0.0573. The van der Waals surface area contributed by atoms with Gasteiger partial charge in [-0.05, 0) is 59.9 Å². The second-order valence-electron chi connectivity index (χ2n) is 7.94. The van der Waals surface area contributed by atoms with Gasteiger partial charge in [0.15, 0.2) is 11.5 Å². The molecule has 0 saturated carbocycles. The first kappa shape index (κ1) is 20.1. The molecule has 4 heterocycles. The van der Waals surface area contributed by atoms with Crippen molar-refractivity contribution in [3.05, 3.63) is 89.0 Å². The number of amides is 1. The zero-order chi connectivity index (χ0) is 22.2. The van der Waals surface area contributed by atoms with Crippen molar-refractivity contribution in [3.8, 4) is 11.5 Å². The van der Waals surface area contributed by atoms with E-state index in [2.05, 4.69) is 10.1 Å². The van der Waals surface area contributed by atoms with Crippen LogP contribution in [0.15, 0.2) is 61.2 Å². The SMILES string of the molecule is COc1cc2c(cc1OC)C(c1cccnc1)N(C(=O)c1cnn3cc(C)ccc13)CC2. The summed E-state index contributed by atoms with van der Waals surface area (Å²) in [5, 5.41) is 4.41. The van der Waals surface area contributed by atoms with E-state index < -0.39 is 0 Å². The van der Waals surface area contributed by atoms with Gasteiger partial charge in [-0.15, -0.1) is 0 Å². The van der Waals surface area contributed by atoms with Gasteiger partial charge in [0.1, 0.15) is 0 Å². The summed E-state index contributed by atoms with van der Waals surface area (Å²) >= 11 is 0. The molecule has 32 heavy (non-hydrogen) atoms. The highest BCUT2D eigenvalue weighted by Gasteiger charge is 2.35. The quantitative estimate of drug-likeness (QED) is 0.494. The Balaban J connectivity index is 1.64. The normalized spacial score (nSPS) is 15.5. The van der Waals surface area contributed by atoms with E-state index >= 15 is 0 Å². The fourth-order valence-electron chi connectivity index (χ4n) is 4.47. The molecule has 7 heteroatoms. The number of hydrogen-bond acceptors (Lipinski definition) is 5. The number of pyridine rings is 2. The first-order valence-corrected chi connectivity index (χ1v) is 10.5. The molecule has 4 aromatic rings. The Hall–Kier alpha value is -3.87. The second-order valence-corrected chi connectivity index (χ2v) is 7.94. The molecule has 0 bridgehead atoms. The predicted octanol–water partition coefficient (Wildman–Crippen LogP) is 3.84. The van der Waals surface area contributed by atoms with Crippen LogP contribution in [0.1, 0.15) is 38.7 Å². The number of methoxy groups -OCH3 is 2. The van der Waals surface area contributed by atoms with Gasteiger partial charge in [0.25, 0.3) is 5.91 Å². The third kappa shape index (κ3) is 3.26. The van der Waals surface area contributed by atoms with Gasteiger partial charge in [0.05, 0.1) is 37.5 Å². The molecule has 5 rings (SSSR count). The van der Waals surface area contributed by atoms with Crippen molar-refractivity contribution in [2.75, 3.05) is 20.8 Å². The fraction of sp³-hybridized carbons (Fsp3) is 0.240. The molecule has 0 N–H and O–H groups in total. The van der Waals surface area contributed by atoms with Crippen molar-refractivity contribution < 1.29 is 14.3 Å². The standard InChI is InChI=1S/C25H24N4O3/c1-16-6-7-21-20(14-27-29(21)15-16)25(30)28-10-8-17-11-22(31-2)23(32-3)12-19(17)24(28)18-5-4-9-26-13-18/h4-7,9,11-15,24H,8,10H2,1-3H3. The Bertz CT molecular complexity index is 1300. The molecule has 3 aromatic heterocycles. The van der Waals surface area contributed by atoms with E-state index in [1.807, 2.05) is 60.6 Å². The number of hydrogen-bond donors (Lipinski definition) is 0. The van der Waals surface area contributed by atoms with Crippen LogP contribution >= 0.6 is 0 Å². The number of aromatic nitrogens is 3. The summed E-state index contributed by atoms with van der Waals surface area (Å²) in [7, 11) is 3.25. The van der Waals surface area contributed by atoms with Crippen LogP contribution in [0.2, 0.25) is 0 Å².